The number of Topliss-reactive ketones (excluding diaryl/α,β-unsaturated/α-hetero) is 1. The van der Waals surface area contributed by atoms with Crippen molar-refractivity contribution in [1.29, 1.82) is 0 Å². The van der Waals surface area contributed by atoms with Crippen molar-refractivity contribution in [2.45, 2.75) is 18.9 Å². The van der Waals surface area contributed by atoms with Gasteiger partial charge in [-0.1, -0.05) is 24.3 Å². The van der Waals surface area contributed by atoms with Gasteiger partial charge in [-0.3, -0.25) is 9.59 Å². The fourth-order valence-electron chi connectivity index (χ4n) is 3.22. The monoisotopic (exact) mass is 407 g/mol. The second kappa shape index (κ2) is 7.89. The van der Waals surface area contributed by atoms with Crippen LogP contribution in [0.1, 0.15) is 21.7 Å². The molecule has 6 nitrogen and oxygen atoms in total. The van der Waals surface area contributed by atoms with Crippen molar-refractivity contribution in [3.63, 3.8) is 0 Å². The van der Waals surface area contributed by atoms with E-state index in [1.165, 1.54) is 11.3 Å². The topological polar surface area (TPSA) is 96.6 Å². The third-order valence-electron chi connectivity index (χ3n) is 4.64. The number of rotatable bonds is 7. The van der Waals surface area contributed by atoms with Crippen molar-refractivity contribution in [2.75, 3.05) is 0 Å². The Morgan fingerprint density at radius 2 is 1.79 bits per heavy atom. The SMILES string of the molecule is O=C(Cc1cccs1)NC(CC(=O)c1ccc2oc3ccccc3c2c1)C(=O)O. The Morgan fingerprint density at radius 3 is 2.55 bits per heavy atom. The van der Waals surface area contributed by atoms with Gasteiger partial charge >= 0.3 is 5.97 Å². The zero-order valence-electron chi connectivity index (χ0n) is 15.3. The van der Waals surface area contributed by atoms with E-state index in [0.29, 0.717) is 11.1 Å². The first-order chi connectivity index (χ1) is 14.0. The van der Waals surface area contributed by atoms with Crippen molar-refractivity contribution in [3.05, 3.63) is 70.4 Å². The smallest absolute Gasteiger partial charge is 0.326 e. The van der Waals surface area contributed by atoms with Crippen LogP contribution in [-0.4, -0.2) is 28.8 Å². The summed E-state index contributed by atoms with van der Waals surface area (Å²) in [5.74, 6) is -2.03. The lowest BCUT2D eigenvalue weighted by Crippen LogP contribution is -2.42. The maximum absolute atomic E-state index is 12.7. The lowest BCUT2D eigenvalue weighted by atomic mass is 10.0. The molecule has 0 fully saturated rings. The molecule has 0 saturated carbocycles. The molecule has 4 rings (SSSR count). The van der Waals surface area contributed by atoms with Crippen LogP contribution in [0.15, 0.2) is 64.4 Å². The summed E-state index contributed by atoms with van der Waals surface area (Å²) in [6.45, 7) is 0. The summed E-state index contributed by atoms with van der Waals surface area (Å²) in [6.07, 6.45) is -0.241. The highest BCUT2D eigenvalue weighted by atomic mass is 32.1. The normalized spacial score (nSPS) is 12.1. The predicted octanol–water partition coefficient (Wildman–Crippen LogP) is 4.03. The molecule has 1 atom stereocenters. The molecule has 0 aliphatic heterocycles. The van der Waals surface area contributed by atoms with Crippen molar-refractivity contribution >= 4 is 50.9 Å². The van der Waals surface area contributed by atoms with Crippen LogP contribution in [0.4, 0.5) is 0 Å². The standard InChI is InChI=1S/C22H17NO5S/c24-18(12-17(22(26)27)23-21(25)11-14-4-3-9-29-14)13-7-8-20-16(10-13)15-5-1-2-6-19(15)28-20/h1-10,17H,11-12H2,(H,23,25)(H,26,27). The van der Waals surface area contributed by atoms with E-state index in [0.717, 1.165) is 21.2 Å². The summed E-state index contributed by atoms with van der Waals surface area (Å²) >= 11 is 1.42. The number of aliphatic carboxylic acids is 1. The Labute approximate surface area is 169 Å². The number of amides is 1. The molecule has 0 aliphatic carbocycles. The number of carboxylic acid groups (broad SMARTS) is 1. The molecular formula is C22H17NO5S. The van der Waals surface area contributed by atoms with E-state index in [1.807, 2.05) is 35.7 Å². The highest BCUT2D eigenvalue weighted by molar-refractivity contribution is 7.10. The molecule has 2 heterocycles. The maximum Gasteiger partial charge on any atom is 0.326 e. The van der Waals surface area contributed by atoms with Crippen molar-refractivity contribution in [3.8, 4) is 0 Å². The van der Waals surface area contributed by atoms with Gasteiger partial charge in [0.05, 0.1) is 6.42 Å². The van der Waals surface area contributed by atoms with Gasteiger partial charge < -0.3 is 14.8 Å². The fraction of sp³-hybridized carbons (Fsp3) is 0.136. The average Bonchev–Trinajstić information content (AvgIpc) is 3.34. The minimum atomic E-state index is -1.29. The molecule has 0 saturated heterocycles. The molecule has 0 spiro atoms. The Bertz CT molecular complexity index is 1210. The molecule has 0 aliphatic rings. The van der Waals surface area contributed by atoms with Crippen molar-refractivity contribution < 1.29 is 23.9 Å². The van der Waals surface area contributed by atoms with Crippen LogP contribution in [0, 0.1) is 0 Å². The van der Waals surface area contributed by atoms with Crippen LogP contribution in [-0.2, 0) is 16.0 Å². The summed E-state index contributed by atoms with van der Waals surface area (Å²) in [7, 11) is 0. The van der Waals surface area contributed by atoms with Crippen LogP contribution < -0.4 is 5.32 Å². The van der Waals surface area contributed by atoms with E-state index in [2.05, 4.69) is 5.32 Å². The molecule has 0 bridgehead atoms. The molecule has 2 aromatic carbocycles. The fourth-order valence-corrected chi connectivity index (χ4v) is 3.92. The van der Waals surface area contributed by atoms with Gasteiger partial charge in [-0.25, -0.2) is 4.79 Å². The Kier molecular flexibility index (Phi) is 5.14. The Morgan fingerprint density at radius 1 is 1.00 bits per heavy atom. The molecule has 7 heteroatoms. The number of carboxylic acids is 1. The summed E-state index contributed by atoms with van der Waals surface area (Å²) in [4.78, 5) is 37.3. The second-order valence-corrected chi connectivity index (χ2v) is 7.68. The molecule has 0 radical (unpaired) electrons. The molecule has 4 aromatic rings. The van der Waals surface area contributed by atoms with Crippen LogP contribution in [0.5, 0.6) is 0 Å². The van der Waals surface area contributed by atoms with Gasteiger partial charge in [0.1, 0.15) is 17.2 Å². The van der Waals surface area contributed by atoms with E-state index in [4.69, 9.17) is 4.42 Å². The summed E-state index contributed by atoms with van der Waals surface area (Å²) in [5, 5.41) is 15.4. The van der Waals surface area contributed by atoms with Gasteiger partial charge in [-0.2, -0.15) is 0 Å². The number of hydrogen-bond donors (Lipinski definition) is 2. The first-order valence-corrected chi connectivity index (χ1v) is 9.88. The molecule has 2 aromatic heterocycles. The molecule has 146 valence electrons. The number of benzene rings is 2. The number of thiophene rings is 1. The van der Waals surface area contributed by atoms with Crippen LogP contribution >= 0.6 is 11.3 Å². The van der Waals surface area contributed by atoms with Crippen molar-refractivity contribution in [2.24, 2.45) is 0 Å². The molecule has 1 unspecified atom stereocenters. The highest BCUT2D eigenvalue weighted by Gasteiger charge is 2.24. The number of fused-ring (bicyclic) bond motifs is 3. The zero-order valence-corrected chi connectivity index (χ0v) is 16.1. The van der Waals surface area contributed by atoms with Gasteiger partial charge in [0, 0.05) is 27.6 Å². The first-order valence-electron chi connectivity index (χ1n) is 9.00. The summed E-state index contributed by atoms with van der Waals surface area (Å²) in [5.41, 5.74) is 1.75. The van der Waals surface area contributed by atoms with Gasteiger partial charge in [0.15, 0.2) is 5.78 Å². The molecular weight excluding hydrogens is 390 g/mol. The predicted molar refractivity (Wildman–Crippen MR) is 110 cm³/mol. The minimum Gasteiger partial charge on any atom is -0.480 e. The van der Waals surface area contributed by atoms with Crippen LogP contribution in [0.2, 0.25) is 0 Å². The lowest BCUT2D eigenvalue weighted by molar-refractivity contribution is -0.141. The third-order valence-corrected chi connectivity index (χ3v) is 5.51. The van der Waals surface area contributed by atoms with Crippen molar-refractivity contribution in [1.82, 2.24) is 5.32 Å². The van der Waals surface area contributed by atoms with Gasteiger partial charge in [-0.05, 0) is 35.7 Å². The quantitative estimate of drug-likeness (QED) is 0.451. The number of para-hydroxylation sites is 1. The van der Waals surface area contributed by atoms with Gasteiger partial charge in [0.2, 0.25) is 5.91 Å². The van der Waals surface area contributed by atoms with E-state index in [1.54, 1.807) is 24.3 Å². The highest BCUT2D eigenvalue weighted by Crippen LogP contribution is 2.29. The number of hydrogen-bond acceptors (Lipinski definition) is 5. The van der Waals surface area contributed by atoms with Gasteiger partial charge in [-0.15, -0.1) is 11.3 Å². The second-order valence-electron chi connectivity index (χ2n) is 6.65. The summed E-state index contributed by atoms with van der Waals surface area (Å²) in [6, 6.07) is 14.9. The van der Waals surface area contributed by atoms with Gasteiger partial charge in [0.25, 0.3) is 0 Å². The van der Waals surface area contributed by atoms with E-state index in [-0.39, 0.29) is 18.6 Å². The average molecular weight is 407 g/mol. The number of nitrogens with one attached hydrogen (secondary N) is 1. The number of ketones is 1. The molecule has 1 amide bonds. The lowest BCUT2D eigenvalue weighted by Gasteiger charge is -2.13. The molecule has 2 N–H and O–H groups in total. The Balaban J connectivity index is 1.52. The zero-order chi connectivity index (χ0) is 20.4. The third kappa shape index (κ3) is 4.05. The molecule has 29 heavy (non-hydrogen) atoms. The number of furan rings is 1. The minimum absolute atomic E-state index is 0.0859. The maximum atomic E-state index is 12.7. The van der Waals surface area contributed by atoms with Crippen LogP contribution in [0.25, 0.3) is 21.9 Å². The van der Waals surface area contributed by atoms with E-state index >= 15 is 0 Å². The number of carbonyl (C=O) groups is 3. The Hall–Kier alpha value is -3.45. The van der Waals surface area contributed by atoms with E-state index in [9.17, 15) is 19.5 Å². The summed E-state index contributed by atoms with van der Waals surface area (Å²) < 4.78 is 5.75. The van der Waals surface area contributed by atoms with Crippen LogP contribution in [0.3, 0.4) is 0 Å². The first kappa shape index (κ1) is 18.9. The van der Waals surface area contributed by atoms with E-state index < -0.39 is 17.9 Å². The largest absolute Gasteiger partial charge is 0.480 e. The number of carbonyl (C=O) groups excluding carboxylic acids is 2.